The molecule has 3 aliphatic rings. The average molecular weight is 782 g/mol. The number of imide groups is 1. The van der Waals surface area contributed by atoms with E-state index in [2.05, 4.69) is 61.0 Å². The van der Waals surface area contributed by atoms with Gasteiger partial charge in [0.25, 0.3) is 14.0 Å². The summed E-state index contributed by atoms with van der Waals surface area (Å²) in [6, 6.07) is 30.7. The second kappa shape index (κ2) is 13.9. The van der Waals surface area contributed by atoms with Gasteiger partial charge in [0, 0.05) is 22.2 Å². The normalized spacial score (nSPS) is 22.0. The third kappa shape index (κ3) is 6.13. The van der Waals surface area contributed by atoms with Gasteiger partial charge in [-0.2, -0.15) is 0 Å². The van der Waals surface area contributed by atoms with Crippen LogP contribution in [-0.4, -0.2) is 48.9 Å². The zero-order valence-electron chi connectivity index (χ0n) is 28.9. The van der Waals surface area contributed by atoms with Crippen molar-refractivity contribution in [3.05, 3.63) is 134 Å². The Hall–Kier alpha value is -4.40. The van der Waals surface area contributed by atoms with Gasteiger partial charge in [0.05, 0.1) is 35.2 Å². The number of nitro benzene ring substituents is 1. The maximum absolute atomic E-state index is 14.4. The lowest BCUT2D eigenvalue weighted by Gasteiger charge is -2.45. The molecule has 0 radical (unpaired) electrons. The van der Waals surface area contributed by atoms with Crippen molar-refractivity contribution in [1.82, 2.24) is 0 Å². The number of aromatic hydroxyl groups is 1. The van der Waals surface area contributed by atoms with E-state index in [0.29, 0.717) is 21.1 Å². The maximum atomic E-state index is 14.4. The van der Waals surface area contributed by atoms with Crippen LogP contribution in [0.25, 0.3) is 0 Å². The van der Waals surface area contributed by atoms with E-state index in [4.69, 9.17) is 9.08 Å². The Balaban J connectivity index is 1.34. The minimum absolute atomic E-state index is 0.0255. The van der Waals surface area contributed by atoms with Crippen molar-refractivity contribution in [2.75, 3.05) is 11.5 Å². The van der Waals surface area contributed by atoms with Crippen molar-refractivity contribution in [3.63, 3.8) is 0 Å². The minimum atomic E-state index is -3.06. The molecule has 52 heavy (non-hydrogen) atoms. The Morgan fingerprint density at radius 3 is 2.21 bits per heavy atom. The second-order valence-electron chi connectivity index (χ2n) is 14.7. The summed E-state index contributed by atoms with van der Waals surface area (Å²) in [5, 5.41) is 36.1. The van der Waals surface area contributed by atoms with Gasteiger partial charge in [-0.1, -0.05) is 103 Å². The van der Waals surface area contributed by atoms with E-state index >= 15 is 0 Å². The lowest BCUT2D eigenvalue weighted by molar-refractivity contribution is -0.384. The molecule has 2 fully saturated rings. The zero-order valence-corrected chi connectivity index (χ0v) is 31.5. The monoisotopic (exact) mass is 780 g/mol. The highest BCUT2D eigenvalue weighted by Crippen LogP contribution is 2.53. The predicted octanol–water partition coefficient (Wildman–Crippen LogP) is 6.24. The Kier molecular flexibility index (Phi) is 9.59. The molecule has 13 heteroatoms. The molecule has 7 rings (SSSR count). The molecular weight excluding hydrogens is 743 g/mol. The van der Waals surface area contributed by atoms with Crippen molar-refractivity contribution >= 4 is 64.9 Å². The predicted molar refractivity (Wildman–Crippen MR) is 203 cm³/mol. The van der Waals surface area contributed by atoms with Gasteiger partial charge in [0.2, 0.25) is 11.8 Å². The quantitative estimate of drug-likeness (QED) is 0.0928. The Morgan fingerprint density at radius 1 is 0.942 bits per heavy atom. The van der Waals surface area contributed by atoms with Crippen LogP contribution in [0.4, 0.5) is 11.4 Å². The molecule has 0 saturated carbocycles. The molecule has 0 bridgehead atoms. The SMILES string of the molecule is CC(C)(C)[Si](OCC1=C2B(O)O[C@H](c3cc(Br)ccc3O)C[C@H]2[C@H]2C(=O)N(c3cccc([N+](=O)[O-])c3)C(=O)[C@H]2C1)(c1ccccc1)c1ccccc1. The van der Waals surface area contributed by atoms with Gasteiger partial charge in [0.1, 0.15) is 5.75 Å². The number of hydrogen-bond donors (Lipinski definition) is 2. The highest BCUT2D eigenvalue weighted by atomic mass is 79.9. The molecule has 2 aliphatic heterocycles. The number of anilines is 1. The molecule has 4 atom stereocenters. The minimum Gasteiger partial charge on any atom is -0.508 e. The van der Waals surface area contributed by atoms with Gasteiger partial charge in [-0.25, -0.2) is 4.90 Å². The van der Waals surface area contributed by atoms with E-state index in [1.165, 1.54) is 30.3 Å². The van der Waals surface area contributed by atoms with E-state index in [1.807, 2.05) is 36.4 Å². The molecule has 266 valence electrons. The summed E-state index contributed by atoms with van der Waals surface area (Å²) in [6.07, 6.45) is -0.464. The molecule has 2 saturated heterocycles. The zero-order chi connectivity index (χ0) is 36.9. The summed E-state index contributed by atoms with van der Waals surface area (Å²) in [4.78, 5) is 40.8. The lowest BCUT2D eigenvalue weighted by atomic mass is 9.55. The van der Waals surface area contributed by atoms with Gasteiger partial charge in [-0.15, -0.1) is 0 Å². The van der Waals surface area contributed by atoms with Crippen LogP contribution in [0.2, 0.25) is 5.04 Å². The molecule has 0 aromatic heterocycles. The first-order valence-corrected chi connectivity index (χ1v) is 19.9. The van der Waals surface area contributed by atoms with Crippen LogP contribution in [0.1, 0.15) is 45.3 Å². The molecule has 0 spiro atoms. The molecule has 0 unspecified atom stereocenters. The first-order chi connectivity index (χ1) is 24.8. The van der Waals surface area contributed by atoms with Gasteiger partial charge < -0.3 is 19.2 Å². The number of hydrogen-bond acceptors (Lipinski definition) is 8. The fourth-order valence-corrected chi connectivity index (χ4v) is 13.4. The van der Waals surface area contributed by atoms with Crippen molar-refractivity contribution in [2.24, 2.45) is 17.8 Å². The molecule has 2 N–H and O–H groups in total. The summed E-state index contributed by atoms with van der Waals surface area (Å²) >= 11 is 3.46. The van der Waals surface area contributed by atoms with Crippen molar-refractivity contribution < 1.29 is 33.7 Å². The molecule has 2 amide bonds. The number of nitro groups is 1. The standard InChI is InChI=1S/C39H38BBrN2O8Si/c1-39(2,3)52(28-13-6-4-7-14-28,29-15-8-5-9-16-29)50-23-24-19-32-35(38(46)42(37(32)45)26-11-10-12-27(21-26)43(48)49)31-22-34(51-40(47)36(24)31)30-20-25(41)17-18-33(30)44/h4-18,20-21,31-32,34-35,44,47H,19,22-23H2,1-3H3/t31-,32-,34-,35+/m0/s1. The third-order valence-electron chi connectivity index (χ3n) is 10.7. The molecule has 2 heterocycles. The number of benzene rings is 4. The summed E-state index contributed by atoms with van der Waals surface area (Å²) in [7, 11) is -4.51. The summed E-state index contributed by atoms with van der Waals surface area (Å²) in [6.45, 7) is 6.58. The number of nitrogens with zero attached hydrogens (tertiary/aromatic N) is 2. The number of carbonyl (C=O) groups excluding carboxylic acids is 2. The smallest absolute Gasteiger partial charge is 0.487 e. The number of allylic oxidation sites excluding steroid dienone is 1. The first-order valence-electron chi connectivity index (χ1n) is 17.2. The van der Waals surface area contributed by atoms with Gasteiger partial charge in [-0.3, -0.25) is 19.7 Å². The van der Waals surface area contributed by atoms with Crippen molar-refractivity contribution in [2.45, 2.75) is 44.8 Å². The fraction of sp³-hybridized carbons (Fsp3) is 0.282. The molecule has 4 aromatic rings. The number of carbonyl (C=O) groups is 2. The third-order valence-corrected chi connectivity index (χ3v) is 16.2. The van der Waals surface area contributed by atoms with Gasteiger partial charge in [0.15, 0.2) is 0 Å². The fourth-order valence-electron chi connectivity index (χ4n) is 8.48. The van der Waals surface area contributed by atoms with E-state index < -0.39 is 56.0 Å². The Labute approximate surface area is 311 Å². The molecule has 4 aromatic carbocycles. The highest BCUT2D eigenvalue weighted by molar-refractivity contribution is 9.10. The highest BCUT2D eigenvalue weighted by Gasteiger charge is 2.59. The van der Waals surface area contributed by atoms with Crippen LogP contribution in [0.5, 0.6) is 5.75 Å². The van der Waals surface area contributed by atoms with E-state index in [0.717, 1.165) is 15.3 Å². The van der Waals surface area contributed by atoms with E-state index in [9.17, 15) is 29.8 Å². The number of phenols is 1. The summed E-state index contributed by atoms with van der Waals surface area (Å²) in [5.74, 6) is -3.29. The largest absolute Gasteiger partial charge is 0.508 e. The molecule has 10 nitrogen and oxygen atoms in total. The van der Waals surface area contributed by atoms with Crippen LogP contribution in [0.15, 0.2) is 119 Å². The molecular formula is C39H38BBrN2O8Si. The number of non-ortho nitro benzene ring substituents is 1. The summed E-state index contributed by atoms with van der Waals surface area (Å²) < 4.78 is 14.2. The van der Waals surface area contributed by atoms with Crippen LogP contribution < -0.4 is 15.3 Å². The topological polar surface area (TPSA) is 139 Å². The van der Waals surface area contributed by atoms with E-state index in [-0.39, 0.29) is 41.6 Å². The van der Waals surface area contributed by atoms with Crippen LogP contribution in [0.3, 0.4) is 0 Å². The summed E-state index contributed by atoms with van der Waals surface area (Å²) in [5.41, 5.74) is 1.52. The van der Waals surface area contributed by atoms with Crippen LogP contribution >= 0.6 is 15.9 Å². The van der Waals surface area contributed by atoms with Gasteiger partial charge in [-0.05, 0) is 69.5 Å². The lowest BCUT2D eigenvalue weighted by Crippen LogP contribution is -2.66. The number of fused-ring (bicyclic) bond motifs is 3. The number of rotatable bonds is 8. The average Bonchev–Trinajstić information content (AvgIpc) is 3.38. The van der Waals surface area contributed by atoms with Crippen molar-refractivity contribution in [3.8, 4) is 5.75 Å². The van der Waals surface area contributed by atoms with Crippen LogP contribution in [-0.2, 0) is 18.7 Å². The number of phenolic OH excluding ortho intramolecular Hbond substituents is 1. The Bertz CT molecular complexity index is 2040. The first kappa shape index (κ1) is 36.0. The van der Waals surface area contributed by atoms with Gasteiger partial charge >= 0.3 is 7.12 Å². The molecule has 1 aliphatic carbocycles. The Morgan fingerprint density at radius 2 is 1.60 bits per heavy atom. The maximum Gasteiger partial charge on any atom is 0.487 e. The number of halogens is 1. The number of amides is 2. The van der Waals surface area contributed by atoms with Crippen molar-refractivity contribution in [1.29, 1.82) is 0 Å². The van der Waals surface area contributed by atoms with Crippen LogP contribution in [0, 0.1) is 27.9 Å². The second-order valence-corrected chi connectivity index (χ2v) is 19.9. The van der Waals surface area contributed by atoms with E-state index in [1.54, 1.807) is 12.1 Å².